The predicted octanol–water partition coefficient (Wildman–Crippen LogP) is 2.35. The van der Waals surface area contributed by atoms with E-state index >= 15 is 0 Å². The van der Waals surface area contributed by atoms with Crippen LogP contribution < -0.4 is 0 Å². The van der Waals surface area contributed by atoms with Crippen LogP contribution in [0, 0.1) is 6.92 Å². The number of nitrogens with zero attached hydrogens (tertiary/aromatic N) is 2. The van der Waals surface area contributed by atoms with Crippen molar-refractivity contribution in [2.45, 2.75) is 6.92 Å². The zero-order valence-electron chi connectivity index (χ0n) is 7.91. The summed E-state index contributed by atoms with van der Waals surface area (Å²) in [5, 5.41) is 5.74. The first-order valence-electron chi connectivity index (χ1n) is 4.21. The van der Waals surface area contributed by atoms with Crippen LogP contribution in [0.25, 0.3) is 10.9 Å². The number of aromatic nitrogens is 2. The van der Waals surface area contributed by atoms with E-state index in [9.17, 15) is 4.79 Å². The molecule has 0 atom stereocenters. The number of carbonyl (C=O) groups excluding carboxylic acids is 1. The Morgan fingerprint density at radius 1 is 1.50 bits per heavy atom. The third-order valence-corrected chi connectivity index (χ3v) is 2.54. The number of benzene rings is 1. The molecular formula is C10H9ClN2O. The van der Waals surface area contributed by atoms with Gasteiger partial charge in [-0.1, -0.05) is 11.6 Å². The van der Waals surface area contributed by atoms with Crippen LogP contribution in [0.4, 0.5) is 0 Å². The van der Waals surface area contributed by atoms with Crippen molar-refractivity contribution in [1.82, 2.24) is 9.78 Å². The lowest BCUT2D eigenvalue weighted by atomic mass is 10.1. The van der Waals surface area contributed by atoms with Gasteiger partial charge in [0, 0.05) is 18.0 Å². The van der Waals surface area contributed by atoms with Crippen LogP contribution in [-0.4, -0.2) is 16.1 Å². The highest BCUT2D eigenvalue weighted by atomic mass is 35.5. The summed E-state index contributed by atoms with van der Waals surface area (Å²) in [6.45, 7) is 1.90. The largest absolute Gasteiger partial charge is 0.298 e. The standard InChI is InChI=1S/C10H9ClN2O/c1-6-10-8(11)3-7(5-14)4-9(10)13(2)12-6/h3-5H,1-2H3. The molecule has 0 saturated carbocycles. The van der Waals surface area contributed by atoms with Crippen molar-refractivity contribution >= 4 is 28.8 Å². The normalized spacial score (nSPS) is 10.8. The van der Waals surface area contributed by atoms with Gasteiger partial charge in [0.05, 0.1) is 16.2 Å². The van der Waals surface area contributed by atoms with E-state index in [2.05, 4.69) is 5.10 Å². The molecule has 1 aromatic carbocycles. The minimum atomic E-state index is 0.575. The average Bonchev–Trinajstić information content (AvgIpc) is 2.42. The molecule has 0 aliphatic carbocycles. The van der Waals surface area contributed by atoms with Crippen molar-refractivity contribution in [3.05, 3.63) is 28.4 Å². The third kappa shape index (κ3) is 1.21. The van der Waals surface area contributed by atoms with E-state index in [-0.39, 0.29) is 0 Å². The van der Waals surface area contributed by atoms with Gasteiger partial charge in [-0.05, 0) is 19.1 Å². The van der Waals surface area contributed by atoms with Crippen molar-refractivity contribution in [2.24, 2.45) is 7.05 Å². The molecule has 14 heavy (non-hydrogen) atoms. The molecule has 1 aromatic heterocycles. The molecule has 0 fully saturated rings. The van der Waals surface area contributed by atoms with Crippen LogP contribution in [-0.2, 0) is 7.05 Å². The summed E-state index contributed by atoms with van der Waals surface area (Å²) in [5.41, 5.74) is 2.34. The molecule has 0 aliphatic heterocycles. The summed E-state index contributed by atoms with van der Waals surface area (Å²) in [7, 11) is 1.83. The van der Waals surface area contributed by atoms with Crippen LogP contribution in [0.2, 0.25) is 5.02 Å². The Morgan fingerprint density at radius 3 is 2.86 bits per heavy atom. The minimum Gasteiger partial charge on any atom is -0.298 e. The second-order valence-corrected chi connectivity index (χ2v) is 3.63. The molecule has 2 rings (SSSR count). The van der Waals surface area contributed by atoms with Gasteiger partial charge in [-0.15, -0.1) is 0 Å². The summed E-state index contributed by atoms with van der Waals surface area (Å²) < 4.78 is 1.73. The molecule has 72 valence electrons. The van der Waals surface area contributed by atoms with Crippen LogP contribution in [0.15, 0.2) is 12.1 Å². The first-order valence-corrected chi connectivity index (χ1v) is 4.59. The van der Waals surface area contributed by atoms with Crippen molar-refractivity contribution in [3.8, 4) is 0 Å². The molecule has 0 radical (unpaired) electrons. The molecule has 0 N–H and O–H groups in total. The van der Waals surface area contributed by atoms with Gasteiger partial charge in [-0.25, -0.2) is 0 Å². The molecule has 0 amide bonds. The maximum atomic E-state index is 10.6. The Morgan fingerprint density at radius 2 is 2.21 bits per heavy atom. The maximum absolute atomic E-state index is 10.6. The lowest BCUT2D eigenvalue weighted by Gasteiger charge is -1.98. The second kappa shape index (κ2) is 3.10. The van der Waals surface area contributed by atoms with Gasteiger partial charge in [0.2, 0.25) is 0 Å². The quantitative estimate of drug-likeness (QED) is 0.675. The Balaban J connectivity index is 2.92. The van der Waals surface area contributed by atoms with E-state index in [4.69, 9.17) is 11.6 Å². The van der Waals surface area contributed by atoms with Gasteiger partial charge in [0.15, 0.2) is 0 Å². The highest BCUT2D eigenvalue weighted by Crippen LogP contribution is 2.27. The Kier molecular flexibility index (Phi) is 2.04. The number of aryl methyl sites for hydroxylation is 2. The SMILES string of the molecule is Cc1nn(C)c2cc(C=O)cc(Cl)c12. The number of rotatable bonds is 1. The lowest BCUT2D eigenvalue weighted by Crippen LogP contribution is -1.90. The monoisotopic (exact) mass is 208 g/mol. The Labute approximate surface area is 86.3 Å². The highest BCUT2D eigenvalue weighted by Gasteiger charge is 2.09. The molecule has 0 unspecified atom stereocenters. The van der Waals surface area contributed by atoms with Crippen LogP contribution in [0.3, 0.4) is 0 Å². The van der Waals surface area contributed by atoms with Gasteiger partial charge < -0.3 is 0 Å². The van der Waals surface area contributed by atoms with Crippen LogP contribution in [0.5, 0.6) is 0 Å². The first kappa shape index (κ1) is 9.21. The van der Waals surface area contributed by atoms with Crippen molar-refractivity contribution in [3.63, 3.8) is 0 Å². The molecule has 3 nitrogen and oxygen atoms in total. The second-order valence-electron chi connectivity index (χ2n) is 3.22. The van der Waals surface area contributed by atoms with Crippen LogP contribution >= 0.6 is 11.6 Å². The Hall–Kier alpha value is -1.35. The predicted molar refractivity (Wildman–Crippen MR) is 55.8 cm³/mol. The summed E-state index contributed by atoms with van der Waals surface area (Å²) in [6, 6.07) is 3.44. The summed E-state index contributed by atoms with van der Waals surface area (Å²) in [4.78, 5) is 10.6. The van der Waals surface area contributed by atoms with E-state index < -0.39 is 0 Å². The summed E-state index contributed by atoms with van der Waals surface area (Å²) in [6.07, 6.45) is 0.785. The van der Waals surface area contributed by atoms with Gasteiger partial charge in [-0.2, -0.15) is 5.10 Å². The van der Waals surface area contributed by atoms with Crippen molar-refractivity contribution in [2.75, 3.05) is 0 Å². The number of aldehydes is 1. The number of hydrogen-bond acceptors (Lipinski definition) is 2. The number of halogens is 1. The van der Waals surface area contributed by atoms with Gasteiger partial charge >= 0.3 is 0 Å². The average molecular weight is 209 g/mol. The lowest BCUT2D eigenvalue weighted by molar-refractivity contribution is 0.112. The number of fused-ring (bicyclic) bond motifs is 1. The summed E-state index contributed by atoms with van der Waals surface area (Å²) >= 11 is 6.05. The Bertz CT molecular complexity index is 516. The van der Waals surface area contributed by atoms with E-state index in [1.54, 1.807) is 16.8 Å². The van der Waals surface area contributed by atoms with E-state index in [1.165, 1.54) is 0 Å². The fourth-order valence-corrected chi connectivity index (χ4v) is 1.98. The zero-order chi connectivity index (χ0) is 10.3. The smallest absolute Gasteiger partial charge is 0.150 e. The molecule has 0 bridgehead atoms. The molecule has 0 spiro atoms. The summed E-state index contributed by atoms with van der Waals surface area (Å²) in [5.74, 6) is 0. The van der Waals surface area contributed by atoms with Gasteiger partial charge in [-0.3, -0.25) is 9.48 Å². The fraction of sp³-hybridized carbons (Fsp3) is 0.200. The topological polar surface area (TPSA) is 34.9 Å². The van der Waals surface area contributed by atoms with Crippen molar-refractivity contribution < 1.29 is 4.79 Å². The van der Waals surface area contributed by atoms with E-state index in [1.807, 2.05) is 14.0 Å². The first-order chi connectivity index (χ1) is 6.63. The van der Waals surface area contributed by atoms with Crippen molar-refractivity contribution in [1.29, 1.82) is 0 Å². The van der Waals surface area contributed by atoms with Gasteiger partial charge in [0.25, 0.3) is 0 Å². The maximum Gasteiger partial charge on any atom is 0.150 e. The molecule has 2 aromatic rings. The number of carbonyl (C=O) groups is 1. The molecule has 1 heterocycles. The number of hydrogen-bond donors (Lipinski definition) is 0. The molecular weight excluding hydrogens is 200 g/mol. The molecule has 0 aliphatic rings. The molecule has 4 heteroatoms. The highest BCUT2D eigenvalue weighted by molar-refractivity contribution is 6.36. The minimum absolute atomic E-state index is 0.575. The van der Waals surface area contributed by atoms with Crippen LogP contribution in [0.1, 0.15) is 16.1 Å². The van der Waals surface area contributed by atoms with E-state index in [0.717, 1.165) is 22.9 Å². The fourth-order valence-electron chi connectivity index (χ4n) is 1.62. The molecule has 0 saturated heterocycles. The zero-order valence-corrected chi connectivity index (χ0v) is 8.67. The third-order valence-electron chi connectivity index (χ3n) is 2.24. The van der Waals surface area contributed by atoms with Gasteiger partial charge in [0.1, 0.15) is 6.29 Å². The van der Waals surface area contributed by atoms with E-state index in [0.29, 0.717) is 10.6 Å².